The van der Waals surface area contributed by atoms with Crippen LogP contribution in [0.15, 0.2) is 53.3 Å². The number of benzene rings is 1. The van der Waals surface area contributed by atoms with Gasteiger partial charge in [0.25, 0.3) is 11.8 Å². The zero-order valence-corrected chi connectivity index (χ0v) is 16.5. The summed E-state index contributed by atoms with van der Waals surface area (Å²) >= 11 is 0. The second-order valence-electron chi connectivity index (χ2n) is 7.38. The van der Waals surface area contributed by atoms with Gasteiger partial charge in [0.2, 0.25) is 5.89 Å². The van der Waals surface area contributed by atoms with Crippen LogP contribution in [0.1, 0.15) is 47.2 Å². The predicted molar refractivity (Wildman–Crippen MR) is 109 cm³/mol. The molecule has 0 unspecified atom stereocenters. The number of amides is 1. The molecule has 8 heteroatoms. The lowest BCUT2D eigenvalue weighted by Crippen LogP contribution is -2.38. The zero-order chi connectivity index (χ0) is 20.5. The lowest BCUT2D eigenvalue weighted by molar-refractivity contribution is 0.0574. The Morgan fingerprint density at radius 2 is 1.97 bits per heavy atom. The predicted octanol–water partition coefficient (Wildman–Crippen LogP) is 3.75. The van der Waals surface area contributed by atoms with E-state index in [0.29, 0.717) is 35.1 Å². The Kier molecular flexibility index (Phi) is 4.66. The highest BCUT2D eigenvalue weighted by Gasteiger charge is 2.33. The van der Waals surface area contributed by atoms with Crippen LogP contribution in [-0.4, -0.2) is 42.5 Å². The summed E-state index contributed by atoms with van der Waals surface area (Å²) in [6.07, 6.45) is 7.67. The summed E-state index contributed by atoms with van der Waals surface area (Å²) < 4.78 is 5.92. The Labute approximate surface area is 173 Å². The second-order valence-corrected chi connectivity index (χ2v) is 7.38. The fourth-order valence-corrected chi connectivity index (χ4v) is 3.84. The molecule has 0 bridgehead atoms. The van der Waals surface area contributed by atoms with Gasteiger partial charge < -0.3 is 9.32 Å². The molecule has 5 rings (SSSR count). The highest BCUT2D eigenvalue weighted by molar-refractivity contribution is 6.05. The first-order chi connectivity index (χ1) is 14.7. The first-order valence-corrected chi connectivity index (χ1v) is 9.98. The molecule has 8 nitrogen and oxygen atoms in total. The Balaban J connectivity index is 1.48. The third-order valence-corrected chi connectivity index (χ3v) is 5.35. The van der Waals surface area contributed by atoms with Crippen molar-refractivity contribution in [1.29, 1.82) is 0 Å². The molecule has 1 fully saturated rings. The Morgan fingerprint density at radius 3 is 2.83 bits per heavy atom. The molecule has 1 aliphatic rings. The highest BCUT2D eigenvalue weighted by atomic mass is 16.4. The summed E-state index contributed by atoms with van der Waals surface area (Å²) in [6.45, 7) is 2.50. The molecule has 1 saturated heterocycles. The van der Waals surface area contributed by atoms with Crippen LogP contribution < -0.4 is 0 Å². The number of hydrogen-bond acceptors (Lipinski definition) is 7. The van der Waals surface area contributed by atoms with Crippen LogP contribution in [0.2, 0.25) is 0 Å². The van der Waals surface area contributed by atoms with E-state index in [4.69, 9.17) is 4.42 Å². The fraction of sp³-hybridized carbons (Fsp3) is 0.273. The quantitative estimate of drug-likeness (QED) is 0.516. The fourth-order valence-electron chi connectivity index (χ4n) is 3.84. The van der Waals surface area contributed by atoms with Gasteiger partial charge in [-0.25, -0.2) is 4.98 Å². The SMILES string of the molecule is Cc1cnc(-c2nnc([C@@H]3CCCCN3C(=O)c3cccc4cccnc34)o2)cn1. The van der Waals surface area contributed by atoms with Crippen molar-refractivity contribution in [3.8, 4) is 11.6 Å². The van der Waals surface area contributed by atoms with E-state index in [2.05, 4.69) is 25.1 Å². The van der Waals surface area contributed by atoms with Crippen molar-refractivity contribution < 1.29 is 9.21 Å². The molecule has 0 radical (unpaired) electrons. The molecular weight excluding hydrogens is 380 g/mol. The summed E-state index contributed by atoms with van der Waals surface area (Å²) in [7, 11) is 0. The number of piperidine rings is 1. The van der Waals surface area contributed by atoms with E-state index in [1.54, 1.807) is 18.6 Å². The molecule has 1 amide bonds. The van der Waals surface area contributed by atoms with E-state index in [0.717, 1.165) is 30.3 Å². The third-order valence-electron chi connectivity index (χ3n) is 5.35. The lowest BCUT2D eigenvalue weighted by atomic mass is 10.00. The van der Waals surface area contributed by atoms with Gasteiger partial charge in [-0.05, 0) is 38.3 Å². The number of para-hydroxylation sites is 1. The minimum absolute atomic E-state index is 0.0705. The summed E-state index contributed by atoms with van der Waals surface area (Å²) in [5.74, 6) is 0.662. The molecule has 3 aromatic heterocycles. The van der Waals surface area contributed by atoms with Gasteiger partial charge in [0, 0.05) is 24.3 Å². The number of aryl methyl sites for hydroxylation is 1. The molecule has 0 aliphatic carbocycles. The largest absolute Gasteiger partial charge is 0.417 e. The molecule has 4 heterocycles. The molecule has 4 aromatic rings. The Hall–Kier alpha value is -3.68. The van der Waals surface area contributed by atoms with Crippen LogP contribution >= 0.6 is 0 Å². The molecule has 0 saturated carbocycles. The summed E-state index contributed by atoms with van der Waals surface area (Å²) in [5, 5.41) is 9.31. The third kappa shape index (κ3) is 3.30. The highest BCUT2D eigenvalue weighted by Crippen LogP contribution is 2.33. The van der Waals surface area contributed by atoms with Gasteiger partial charge in [-0.2, -0.15) is 0 Å². The summed E-state index contributed by atoms with van der Waals surface area (Å²) in [4.78, 5) is 28.3. The molecule has 1 atom stereocenters. The van der Waals surface area contributed by atoms with Crippen LogP contribution in [0.25, 0.3) is 22.5 Å². The zero-order valence-electron chi connectivity index (χ0n) is 16.5. The Bertz CT molecular complexity index is 1200. The maximum Gasteiger partial charge on any atom is 0.267 e. The molecule has 0 spiro atoms. The number of carbonyl (C=O) groups is 1. The number of likely N-dealkylation sites (tertiary alicyclic amines) is 1. The summed E-state index contributed by atoms with van der Waals surface area (Å²) in [6, 6.07) is 9.22. The van der Waals surface area contributed by atoms with Gasteiger partial charge in [-0.15, -0.1) is 10.2 Å². The molecule has 0 N–H and O–H groups in total. The first-order valence-electron chi connectivity index (χ1n) is 9.98. The standard InChI is InChI=1S/C22H20N6O2/c1-14-12-25-17(13-24-14)20-26-27-21(30-20)18-9-2-3-11-28(18)22(29)16-8-4-6-15-7-5-10-23-19(15)16/h4-8,10,12-13,18H,2-3,9,11H2,1H3/t18-/m0/s1. The molecule has 1 aliphatic heterocycles. The lowest BCUT2D eigenvalue weighted by Gasteiger charge is -2.33. The van der Waals surface area contributed by atoms with E-state index < -0.39 is 0 Å². The van der Waals surface area contributed by atoms with Crippen molar-refractivity contribution >= 4 is 16.8 Å². The van der Waals surface area contributed by atoms with Crippen molar-refractivity contribution in [2.75, 3.05) is 6.54 Å². The van der Waals surface area contributed by atoms with Crippen LogP contribution in [0, 0.1) is 6.92 Å². The van der Waals surface area contributed by atoms with Gasteiger partial charge in [0.1, 0.15) is 11.7 Å². The van der Waals surface area contributed by atoms with Crippen molar-refractivity contribution in [3.05, 3.63) is 66.1 Å². The number of hydrogen-bond donors (Lipinski definition) is 0. The van der Waals surface area contributed by atoms with E-state index in [1.165, 1.54) is 0 Å². The van der Waals surface area contributed by atoms with E-state index in [-0.39, 0.29) is 11.9 Å². The smallest absolute Gasteiger partial charge is 0.267 e. The normalized spacial score (nSPS) is 16.7. The molecule has 1 aromatic carbocycles. The number of pyridine rings is 1. The number of rotatable bonds is 3. The average Bonchev–Trinajstić information content (AvgIpc) is 3.29. The number of fused-ring (bicyclic) bond motifs is 1. The number of nitrogens with zero attached hydrogens (tertiary/aromatic N) is 6. The van der Waals surface area contributed by atoms with Gasteiger partial charge in [0.15, 0.2) is 0 Å². The maximum absolute atomic E-state index is 13.5. The maximum atomic E-state index is 13.5. The summed E-state index contributed by atoms with van der Waals surface area (Å²) in [5.41, 5.74) is 2.62. The van der Waals surface area contributed by atoms with Crippen molar-refractivity contribution in [1.82, 2.24) is 30.0 Å². The average molecular weight is 400 g/mol. The topological polar surface area (TPSA) is 97.9 Å². The number of aromatic nitrogens is 5. The van der Waals surface area contributed by atoms with Gasteiger partial charge in [-0.3, -0.25) is 14.8 Å². The van der Waals surface area contributed by atoms with Crippen LogP contribution in [0.5, 0.6) is 0 Å². The Morgan fingerprint density at radius 1 is 1.07 bits per heavy atom. The first kappa shape index (κ1) is 18.4. The molecule has 150 valence electrons. The van der Waals surface area contributed by atoms with E-state index in [1.807, 2.05) is 42.2 Å². The second kappa shape index (κ2) is 7.62. The van der Waals surface area contributed by atoms with Gasteiger partial charge in [-0.1, -0.05) is 18.2 Å². The van der Waals surface area contributed by atoms with Gasteiger partial charge >= 0.3 is 0 Å². The number of carbonyl (C=O) groups excluding carboxylic acids is 1. The van der Waals surface area contributed by atoms with Crippen LogP contribution in [-0.2, 0) is 0 Å². The van der Waals surface area contributed by atoms with E-state index >= 15 is 0 Å². The van der Waals surface area contributed by atoms with Crippen molar-refractivity contribution in [3.63, 3.8) is 0 Å². The van der Waals surface area contributed by atoms with E-state index in [9.17, 15) is 4.79 Å². The monoisotopic (exact) mass is 400 g/mol. The van der Waals surface area contributed by atoms with Crippen LogP contribution in [0.3, 0.4) is 0 Å². The molecular formula is C22H20N6O2. The van der Waals surface area contributed by atoms with Crippen molar-refractivity contribution in [2.24, 2.45) is 0 Å². The minimum Gasteiger partial charge on any atom is -0.417 e. The minimum atomic E-state index is -0.273. The van der Waals surface area contributed by atoms with Gasteiger partial charge in [0.05, 0.1) is 23.0 Å². The van der Waals surface area contributed by atoms with Crippen LogP contribution in [0.4, 0.5) is 0 Å². The molecule has 30 heavy (non-hydrogen) atoms. The van der Waals surface area contributed by atoms with Crippen molar-refractivity contribution in [2.45, 2.75) is 32.2 Å².